The van der Waals surface area contributed by atoms with E-state index in [9.17, 15) is 9.18 Å². The van der Waals surface area contributed by atoms with E-state index in [1.165, 1.54) is 33.5 Å². The molecule has 2 aromatic carbocycles. The second kappa shape index (κ2) is 10.3. The minimum absolute atomic E-state index is 0.0150. The molecule has 2 aliphatic heterocycles. The lowest BCUT2D eigenvalue weighted by Crippen LogP contribution is -2.38. The molecule has 2 saturated heterocycles. The number of halogens is 1. The average molecular weight is 466 g/mol. The zero-order valence-corrected chi connectivity index (χ0v) is 19.7. The van der Waals surface area contributed by atoms with Gasteiger partial charge in [-0.1, -0.05) is 24.3 Å². The molecule has 1 amide bonds. The molecule has 0 N–H and O–H groups in total. The molecule has 3 aromatic rings. The lowest BCUT2D eigenvalue weighted by molar-refractivity contribution is -0.168. The number of carbonyl (C=O) groups is 1. The van der Waals surface area contributed by atoms with Gasteiger partial charge in [-0.3, -0.25) is 9.69 Å². The van der Waals surface area contributed by atoms with Crippen molar-refractivity contribution >= 4 is 16.8 Å². The Balaban J connectivity index is 1.19. The Bertz CT molecular complexity index is 1120. The third kappa shape index (κ3) is 5.17. The Morgan fingerprint density at radius 3 is 2.47 bits per heavy atom. The molecule has 0 bridgehead atoms. The Labute approximate surface area is 199 Å². The molecule has 2 aliphatic rings. The minimum Gasteiger partial charge on any atom is -0.344 e. The fraction of sp³-hybridized carbons (Fsp3) is 0.444. The maximum absolute atomic E-state index is 13.1. The van der Waals surface area contributed by atoms with Crippen LogP contribution < -0.4 is 0 Å². The van der Waals surface area contributed by atoms with E-state index < -0.39 is 6.41 Å². The largest absolute Gasteiger partial charge is 0.344 e. The Kier molecular flexibility index (Phi) is 6.94. The highest BCUT2D eigenvalue weighted by atomic mass is 19.1. The standard InChI is InChI=1S/C27H32FN3O3/c1-29(27-33-16-17-34-27)26(32)19-21-2-5-22-9-15-31(25(22)18-21)24-10-13-30(14-11-24)12-8-20-3-6-23(28)7-4-20/h2-7,9,15,18,24,27H,8,10-14,16-17,19H2,1H3. The molecule has 0 unspecified atom stereocenters. The number of nitrogens with zero attached hydrogens (tertiary/aromatic N) is 3. The van der Waals surface area contributed by atoms with E-state index in [0.29, 0.717) is 25.7 Å². The summed E-state index contributed by atoms with van der Waals surface area (Å²) in [6.07, 6.45) is 5.06. The fourth-order valence-electron chi connectivity index (χ4n) is 4.97. The predicted molar refractivity (Wildman–Crippen MR) is 129 cm³/mol. The summed E-state index contributed by atoms with van der Waals surface area (Å²) in [6.45, 7) is 4.14. The van der Waals surface area contributed by atoms with Gasteiger partial charge in [0.25, 0.3) is 0 Å². The fourth-order valence-corrected chi connectivity index (χ4v) is 4.97. The van der Waals surface area contributed by atoms with Crippen LogP contribution in [-0.4, -0.2) is 66.6 Å². The van der Waals surface area contributed by atoms with E-state index in [1.807, 2.05) is 18.2 Å². The summed E-state index contributed by atoms with van der Waals surface area (Å²) in [5, 5.41) is 1.20. The van der Waals surface area contributed by atoms with E-state index in [-0.39, 0.29) is 11.7 Å². The van der Waals surface area contributed by atoms with Gasteiger partial charge in [-0.05, 0) is 60.0 Å². The number of carbonyl (C=O) groups excluding carboxylic acids is 1. The van der Waals surface area contributed by atoms with Crippen LogP contribution in [0.4, 0.5) is 4.39 Å². The third-order valence-electron chi connectivity index (χ3n) is 7.04. The number of piperidine rings is 1. The van der Waals surface area contributed by atoms with Crippen molar-refractivity contribution < 1.29 is 18.7 Å². The van der Waals surface area contributed by atoms with Gasteiger partial charge >= 0.3 is 0 Å². The van der Waals surface area contributed by atoms with Crippen molar-refractivity contribution in [2.45, 2.75) is 38.1 Å². The molecule has 0 radical (unpaired) electrons. The van der Waals surface area contributed by atoms with Crippen molar-refractivity contribution in [3.8, 4) is 0 Å². The Morgan fingerprint density at radius 2 is 1.74 bits per heavy atom. The normalized spacial score (nSPS) is 18.1. The summed E-state index contributed by atoms with van der Waals surface area (Å²) in [6, 6.07) is 15.7. The molecule has 1 aromatic heterocycles. The van der Waals surface area contributed by atoms with Crippen molar-refractivity contribution in [2.24, 2.45) is 0 Å². The van der Waals surface area contributed by atoms with Crippen LogP contribution in [0.5, 0.6) is 0 Å². The van der Waals surface area contributed by atoms with Gasteiger partial charge in [-0.2, -0.15) is 0 Å². The van der Waals surface area contributed by atoms with Gasteiger partial charge in [0, 0.05) is 44.4 Å². The quantitative estimate of drug-likeness (QED) is 0.529. The van der Waals surface area contributed by atoms with Crippen LogP contribution in [0.15, 0.2) is 54.7 Å². The van der Waals surface area contributed by atoms with Crippen LogP contribution in [0, 0.1) is 5.82 Å². The van der Waals surface area contributed by atoms with Crippen molar-refractivity contribution in [3.05, 3.63) is 71.7 Å². The number of aromatic nitrogens is 1. The number of fused-ring (bicyclic) bond motifs is 1. The van der Waals surface area contributed by atoms with Gasteiger partial charge in [0.1, 0.15) is 5.82 Å². The number of rotatable bonds is 7. The average Bonchev–Trinajstić information content (AvgIpc) is 3.54. The van der Waals surface area contributed by atoms with Crippen LogP contribution in [0.1, 0.15) is 30.0 Å². The van der Waals surface area contributed by atoms with Crippen molar-refractivity contribution in [2.75, 3.05) is 39.9 Å². The van der Waals surface area contributed by atoms with E-state index in [0.717, 1.165) is 44.5 Å². The molecular weight excluding hydrogens is 433 g/mol. The Hall–Kier alpha value is -2.74. The second-order valence-corrected chi connectivity index (χ2v) is 9.30. The number of ether oxygens (including phenoxy) is 2. The highest BCUT2D eigenvalue weighted by Gasteiger charge is 2.25. The molecule has 2 fully saturated rings. The van der Waals surface area contributed by atoms with Crippen LogP contribution in [0.3, 0.4) is 0 Å². The Morgan fingerprint density at radius 1 is 1.03 bits per heavy atom. The molecular formula is C27H32FN3O3. The van der Waals surface area contributed by atoms with Crippen molar-refractivity contribution in [1.29, 1.82) is 0 Å². The number of amides is 1. The van der Waals surface area contributed by atoms with E-state index in [4.69, 9.17) is 9.47 Å². The topological polar surface area (TPSA) is 46.9 Å². The smallest absolute Gasteiger partial charge is 0.242 e. The maximum atomic E-state index is 13.1. The van der Waals surface area contributed by atoms with Crippen LogP contribution >= 0.6 is 0 Å². The first-order valence-electron chi connectivity index (χ1n) is 12.1. The number of hydrogen-bond acceptors (Lipinski definition) is 4. The zero-order chi connectivity index (χ0) is 23.5. The molecule has 180 valence electrons. The molecule has 3 heterocycles. The van der Waals surface area contributed by atoms with Gasteiger partial charge in [-0.25, -0.2) is 4.39 Å². The van der Waals surface area contributed by atoms with E-state index >= 15 is 0 Å². The first-order chi connectivity index (χ1) is 16.6. The molecule has 0 saturated carbocycles. The first-order valence-corrected chi connectivity index (χ1v) is 12.1. The summed E-state index contributed by atoms with van der Waals surface area (Å²) in [5.41, 5.74) is 3.36. The molecule has 0 aliphatic carbocycles. The monoisotopic (exact) mass is 465 g/mol. The second-order valence-electron chi connectivity index (χ2n) is 9.30. The molecule has 0 spiro atoms. The molecule has 34 heavy (non-hydrogen) atoms. The van der Waals surface area contributed by atoms with Crippen LogP contribution in [0.2, 0.25) is 0 Å². The molecule has 5 rings (SSSR count). The number of likely N-dealkylation sites (tertiary alicyclic amines) is 1. The minimum atomic E-state index is -0.576. The summed E-state index contributed by atoms with van der Waals surface area (Å²) < 4.78 is 26.4. The lowest BCUT2D eigenvalue weighted by Gasteiger charge is -2.33. The van der Waals surface area contributed by atoms with Crippen molar-refractivity contribution in [3.63, 3.8) is 0 Å². The summed E-state index contributed by atoms with van der Waals surface area (Å²) in [5.74, 6) is -0.196. The SMILES string of the molecule is CN(C(=O)Cc1ccc2ccn(C3CCN(CCc4ccc(F)cc4)CC3)c2c1)C1OCCO1. The van der Waals surface area contributed by atoms with Gasteiger partial charge < -0.3 is 18.9 Å². The van der Waals surface area contributed by atoms with Crippen LogP contribution in [0.25, 0.3) is 10.9 Å². The van der Waals surface area contributed by atoms with Gasteiger partial charge in [-0.15, -0.1) is 0 Å². The van der Waals surface area contributed by atoms with E-state index in [1.54, 1.807) is 7.05 Å². The molecule has 7 heteroatoms. The number of benzene rings is 2. The van der Waals surface area contributed by atoms with Gasteiger partial charge in [0.05, 0.1) is 19.6 Å². The van der Waals surface area contributed by atoms with E-state index in [2.05, 4.69) is 33.9 Å². The first kappa shape index (κ1) is 23.0. The number of hydrogen-bond donors (Lipinski definition) is 0. The maximum Gasteiger partial charge on any atom is 0.242 e. The molecule has 6 nitrogen and oxygen atoms in total. The van der Waals surface area contributed by atoms with Gasteiger partial charge in [0.15, 0.2) is 0 Å². The molecule has 0 atom stereocenters. The third-order valence-corrected chi connectivity index (χ3v) is 7.04. The highest BCUT2D eigenvalue weighted by Crippen LogP contribution is 2.29. The van der Waals surface area contributed by atoms with Crippen LogP contribution in [-0.2, 0) is 27.1 Å². The number of likely N-dealkylation sites (N-methyl/N-ethyl adjacent to an activating group) is 1. The lowest BCUT2D eigenvalue weighted by atomic mass is 10.0. The summed E-state index contributed by atoms with van der Waals surface area (Å²) >= 11 is 0. The summed E-state index contributed by atoms with van der Waals surface area (Å²) in [7, 11) is 1.73. The van der Waals surface area contributed by atoms with Gasteiger partial charge in [0.2, 0.25) is 12.3 Å². The predicted octanol–water partition coefficient (Wildman–Crippen LogP) is 3.99. The summed E-state index contributed by atoms with van der Waals surface area (Å²) in [4.78, 5) is 16.8. The highest BCUT2D eigenvalue weighted by molar-refractivity contribution is 5.84. The van der Waals surface area contributed by atoms with Crippen molar-refractivity contribution in [1.82, 2.24) is 14.4 Å². The zero-order valence-electron chi connectivity index (χ0n) is 19.7.